The van der Waals surface area contributed by atoms with E-state index in [1.165, 1.54) is 37.5 Å². The number of rotatable bonds is 5. The monoisotopic (exact) mass is 383 g/mol. The Balaban J connectivity index is 1.53. The number of carbonyl (C=O) groups is 2. The van der Waals surface area contributed by atoms with Gasteiger partial charge in [0.05, 0.1) is 5.02 Å². The van der Waals surface area contributed by atoms with Gasteiger partial charge in [0.1, 0.15) is 10.7 Å². The molecule has 3 rings (SSSR count). The fraction of sp³-hybridized carbons (Fsp3) is 0.444. The molecule has 0 spiro atoms. The summed E-state index contributed by atoms with van der Waals surface area (Å²) in [7, 11) is 0. The van der Waals surface area contributed by atoms with E-state index in [4.69, 9.17) is 16.3 Å². The minimum atomic E-state index is -0.667. The summed E-state index contributed by atoms with van der Waals surface area (Å²) < 4.78 is 18.9. The fourth-order valence-corrected chi connectivity index (χ4v) is 4.49. The predicted molar refractivity (Wildman–Crippen MR) is 96.7 cm³/mol. The fourth-order valence-electron chi connectivity index (χ4n) is 3.07. The Hall–Kier alpha value is -1.66. The Morgan fingerprint density at radius 2 is 2.04 bits per heavy atom. The molecule has 0 radical (unpaired) electrons. The zero-order chi connectivity index (χ0) is 17.8. The highest BCUT2D eigenvalue weighted by molar-refractivity contribution is 7.21. The molecular weight excluding hydrogens is 365 g/mol. The number of amides is 1. The zero-order valence-corrected chi connectivity index (χ0v) is 15.2. The molecule has 4 nitrogen and oxygen atoms in total. The van der Waals surface area contributed by atoms with Gasteiger partial charge in [-0.05, 0) is 37.0 Å². The number of hydrogen-bond donors (Lipinski definition) is 1. The van der Waals surface area contributed by atoms with E-state index in [1.54, 1.807) is 0 Å². The molecule has 1 aromatic carbocycles. The lowest BCUT2D eigenvalue weighted by Crippen LogP contribution is -2.33. The van der Waals surface area contributed by atoms with Crippen LogP contribution in [-0.2, 0) is 9.53 Å². The summed E-state index contributed by atoms with van der Waals surface area (Å²) >= 11 is 7.22. The molecule has 1 heterocycles. The number of esters is 1. The summed E-state index contributed by atoms with van der Waals surface area (Å²) in [5.41, 5.74) is 0. The lowest BCUT2D eigenvalue weighted by atomic mass is 9.89. The van der Waals surface area contributed by atoms with Crippen LogP contribution in [-0.4, -0.2) is 25.0 Å². The van der Waals surface area contributed by atoms with Crippen LogP contribution in [0.3, 0.4) is 0 Å². The van der Waals surface area contributed by atoms with E-state index in [9.17, 15) is 14.0 Å². The maximum atomic E-state index is 13.3. The van der Waals surface area contributed by atoms with Crippen molar-refractivity contribution >= 4 is 44.9 Å². The average Bonchev–Trinajstić information content (AvgIpc) is 2.94. The highest BCUT2D eigenvalue weighted by Gasteiger charge is 2.20. The third-order valence-corrected chi connectivity index (χ3v) is 6.06. The largest absolute Gasteiger partial charge is 0.451 e. The number of ether oxygens (including phenoxy) is 1. The van der Waals surface area contributed by atoms with Crippen LogP contribution in [0.15, 0.2) is 18.2 Å². The standard InChI is InChI=1S/C18H19ClFNO3S/c19-16-13-7-6-12(20)8-14(13)25-17(16)18(23)24-10-15(22)21-9-11-4-2-1-3-5-11/h6-8,11H,1-5,9-10H2,(H,21,22). The minimum Gasteiger partial charge on any atom is -0.451 e. The topological polar surface area (TPSA) is 55.4 Å². The van der Waals surface area contributed by atoms with Crippen molar-refractivity contribution in [2.45, 2.75) is 32.1 Å². The lowest BCUT2D eigenvalue weighted by Gasteiger charge is -2.21. The molecule has 1 amide bonds. The maximum Gasteiger partial charge on any atom is 0.350 e. The molecule has 1 aliphatic carbocycles. The average molecular weight is 384 g/mol. The second-order valence-corrected chi connectivity index (χ2v) is 7.70. The summed E-state index contributed by atoms with van der Waals surface area (Å²) in [6.45, 7) is 0.282. The number of halogens is 2. The van der Waals surface area contributed by atoms with Gasteiger partial charge in [-0.15, -0.1) is 11.3 Å². The first-order chi connectivity index (χ1) is 12.0. The number of thiophene rings is 1. The van der Waals surface area contributed by atoms with E-state index in [-0.39, 0.29) is 22.4 Å². The third kappa shape index (κ3) is 4.50. The first-order valence-corrected chi connectivity index (χ1v) is 9.55. The van der Waals surface area contributed by atoms with Gasteiger partial charge in [-0.25, -0.2) is 9.18 Å². The maximum absolute atomic E-state index is 13.3. The molecule has 0 aliphatic heterocycles. The van der Waals surface area contributed by atoms with Crippen LogP contribution in [0.5, 0.6) is 0 Å². The van der Waals surface area contributed by atoms with Crippen molar-refractivity contribution in [1.82, 2.24) is 5.32 Å². The summed E-state index contributed by atoms with van der Waals surface area (Å²) in [5.74, 6) is -0.866. The molecule has 0 bridgehead atoms. The van der Waals surface area contributed by atoms with Gasteiger partial charge in [0.25, 0.3) is 5.91 Å². The predicted octanol–water partition coefficient (Wildman–Crippen LogP) is 4.55. The van der Waals surface area contributed by atoms with Gasteiger partial charge in [-0.1, -0.05) is 30.9 Å². The molecular formula is C18H19ClFNO3S. The van der Waals surface area contributed by atoms with E-state index in [1.807, 2.05) is 0 Å². The molecule has 0 saturated heterocycles. The molecule has 0 unspecified atom stereocenters. The second kappa shape index (κ2) is 8.15. The van der Waals surface area contributed by atoms with Crippen LogP contribution >= 0.6 is 22.9 Å². The SMILES string of the molecule is O=C(COC(=O)c1sc2cc(F)ccc2c1Cl)NCC1CCCCC1. The normalized spacial score (nSPS) is 15.3. The third-order valence-electron chi connectivity index (χ3n) is 4.42. The Morgan fingerprint density at radius 3 is 2.80 bits per heavy atom. The summed E-state index contributed by atoms with van der Waals surface area (Å²) in [6, 6.07) is 4.13. The molecule has 1 N–H and O–H groups in total. The van der Waals surface area contributed by atoms with Crippen LogP contribution in [0.2, 0.25) is 5.02 Å². The molecule has 7 heteroatoms. The molecule has 1 aromatic heterocycles. The van der Waals surface area contributed by atoms with Crippen molar-refractivity contribution in [3.05, 3.63) is 33.9 Å². The van der Waals surface area contributed by atoms with Gasteiger partial charge in [0, 0.05) is 16.6 Å². The lowest BCUT2D eigenvalue weighted by molar-refractivity contribution is -0.124. The zero-order valence-electron chi connectivity index (χ0n) is 13.6. The van der Waals surface area contributed by atoms with Crippen LogP contribution in [0.25, 0.3) is 10.1 Å². The van der Waals surface area contributed by atoms with Gasteiger partial charge in [-0.3, -0.25) is 4.79 Å². The van der Waals surface area contributed by atoms with Crippen LogP contribution < -0.4 is 5.32 Å². The molecule has 0 atom stereocenters. The minimum absolute atomic E-state index is 0.183. The van der Waals surface area contributed by atoms with Crippen LogP contribution in [0, 0.1) is 11.7 Å². The summed E-state index contributed by atoms with van der Waals surface area (Å²) in [4.78, 5) is 24.2. The number of hydrogen-bond acceptors (Lipinski definition) is 4. The Labute approximate surface area is 154 Å². The smallest absolute Gasteiger partial charge is 0.350 e. The van der Waals surface area contributed by atoms with E-state index in [2.05, 4.69) is 5.32 Å². The first-order valence-electron chi connectivity index (χ1n) is 8.36. The number of benzene rings is 1. The van der Waals surface area contributed by atoms with Gasteiger partial charge in [-0.2, -0.15) is 0 Å². The van der Waals surface area contributed by atoms with Gasteiger partial charge in [0.2, 0.25) is 0 Å². The number of fused-ring (bicyclic) bond motifs is 1. The van der Waals surface area contributed by atoms with Crippen molar-refractivity contribution in [3.8, 4) is 0 Å². The van der Waals surface area contributed by atoms with Gasteiger partial charge < -0.3 is 10.1 Å². The second-order valence-electron chi connectivity index (χ2n) is 6.27. The molecule has 1 saturated carbocycles. The highest BCUT2D eigenvalue weighted by Crippen LogP contribution is 2.36. The molecule has 1 fully saturated rings. The Morgan fingerprint density at radius 1 is 1.28 bits per heavy atom. The van der Waals surface area contributed by atoms with Gasteiger partial charge >= 0.3 is 5.97 Å². The van der Waals surface area contributed by atoms with E-state index in [0.717, 1.165) is 24.2 Å². The number of carbonyl (C=O) groups excluding carboxylic acids is 2. The Kier molecular flexibility index (Phi) is 5.91. The van der Waals surface area contributed by atoms with E-state index in [0.29, 0.717) is 22.5 Å². The first kappa shape index (κ1) is 18.1. The molecule has 1 aliphatic rings. The molecule has 25 heavy (non-hydrogen) atoms. The van der Waals surface area contributed by atoms with Crippen molar-refractivity contribution < 1.29 is 18.7 Å². The summed E-state index contributed by atoms with van der Waals surface area (Å²) in [5, 5.41) is 3.64. The van der Waals surface area contributed by atoms with E-state index < -0.39 is 11.8 Å². The molecule has 134 valence electrons. The van der Waals surface area contributed by atoms with Crippen molar-refractivity contribution in [3.63, 3.8) is 0 Å². The van der Waals surface area contributed by atoms with Crippen molar-refractivity contribution in [2.24, 2.45) is 5.92 Å². The van der Waals surface area contributed by atoms with Crippen LogP contribution in [0.4, 0.5) is 4.39 Å². The summed E-state index contributed by atoms with van der Waals surface area (Å²) in [6.07, 6.45) is 5.95. The van der Waals surface area contributed by atoms with Crippen LogP contribution in [0.1, 0.15) is 41.8 Å². The van der Waals surface area contributed by atoms with Crippen molar-refractivity contribution in [2.75, 3.05) is 13.2 Å². The number of nitrogens with one attached hydrogen (secondary N) is 1. The Bertz CT molecular complexity index is 786. The quantitative estimate of drug-likeness (QED) is 0.771. The highest BCUT2D eigenvalue weighted by atomic mass is 35.5. The van der Waals surface area contributed by atoms with E-state index >= 15 is 0 Å². The molecule has 2 aromatic rings. The van der Waals surface area contributed by atoms with Gasteiger partial charge in [0.15, 0.2) is 6.61 Å². The van der Waals surface area contributed by atoms with Crippen molar-refractivity contribution in [1.29, 1.82) is 0 Å².